The Morgan fingerprint density at radius 1 is 0.926 bits per heavy atom. The highest BCUT2D eigenvalue weighted by Gasteiger charge is 2.17. The maximum atomic E-state index is 13.4. The molecule has 2 aromatic heterocycles. The summed E-state index contributed by atoms with van der Waals surface area (Å²) in [7, 11) is 1.64. The molecule has 0 saturated heterocycles. The molecule has 0 aliphatic carbocycles. The van der Waals surface area contributed by atoms with Crippen LogP contribution in [0.2, 0.25) is 0 Å². The number of aryl methyl sites for hydroxylation is 1. The van der Waals surface area contributed by atoms with Crippen LogP contribution < -0.4 is 4.74 Å². The summed E-state index contributed by atoms with van der Waals surface area (Å²) in [5.41, 5.74) is 5.37. The van der Waals surface area contributed by atoms with Gasteiger partial charge in [-0.1, -0.05) is 11.6 Å². The first-order valence-corrected chi connectivity index (χ1v) is 8.57. The Morgan fingerprint density at radius 2 is 1.67 bits per heavy atom. The molecule has 0 saturated carbocycles. The number of rotatable bonds is 4. The number of benzene rings is 2. The topological polar surface area (TPSA) is 50.8 Å². The van der Waals surface area contributed by atoms with Gasteiger partial charge in [-0.3, -0.25) is 4.98 Å². The molecule has 0 fully saturated rings. The van der Waals surface area contributed by atoms with E-state index in [0.717, 1.165) is 39.4 Å². The molecule has 0 atom stereocenters. The number of nitrogens with zero attached hydrogens (tertiary/aromatic N) is 2. The number of H-pyrrole nitrogens is 1. The number of ether oxygens (including phenoxy) is 1. The van der Waals surface area contributed by atoms with Gasteiger partial charge >= 0.3 is 0 Å². The number of aromatic nitrogens is 3. The molecular weight excluding hydrogens is 341 g/mol. The van der Waals surface area contributed by atoms with Crippen molar-refractivity contribution < 1.29 is 9.13 Å². The zero-order valence-corrected chi connectivity index (χ0v) is 15.0. The Bertz CT molecular complexity index is 1070. The van der Waals surface area contributed by atoms with Gasteiger partial charge in [-0.15, -0.1) is 0 Å². The minimum atomic E-state index is -0.277. The van der Waals surface area contributed by atoms with Crippen LogP contribution in [-0.4, -0.2) is 22.1 Å². The molecule has 27 heavy (non-hydrogen) atoms. The molecule has 2 heterocycles. The molecular formula is C22H18FN3O. The van der Waals surface area contributed by atoms with Crippen molar-refractivity contribution in [3.05, 3.63) is 78.4 Å². The van der Waals surface area contributed by atoms with E-state index in [2.05, 4.69) is 9.97 Å². The lowest BCUT2D eigenvalue weighted by Gasteiger charge is -2.07. The van der Waals surface area contributed by atoms with E-state index in [1.165, 1.54) is 12.1 Å². The number of nitrogens with one attached hydrogen (secondary N) is 1. The standard InChI is InChI=1S/C22H18FN3O/c1-14-3-8-19(27-2)18(13-14)22-25-20(15-4-6-17(23)7-5-15)21(26-22)16-9-11-24-12-10-16/h3-13H,1-2H3,(H,25,26). The molecule has 0 spiro atoms. The van der Waals surface area contributed by atoms with Crippen LogP contribution in [-0.2, 0) is 0 Å². The normalized spacial score (nSPS) is 10.8. The lowest BCUT2D eigenvalue weighted by molar-refractivity contribution is 0.416. The molecule has 4 nitrogen and oxygen atoms in total. The van der Waals surface area contributed by atoms with Gasteiger partial charge in [-0.05, 0) is 55.5 Å². The van der Waals surface area contributed by atoms with Crippen LogP contribution in [0.1, 0.15) is 5.56 Å². The molecule has 1 N–H and O–H groups in total. The summed E-state index contributed by atoms with van der Waals surface area (Å²) in [6, 6.07) is 16.1. The third-order valence-corrected chi connectivity index (χ3v) is 4.40. The van der Waals surface area contributed by atoms with Gasteiger partial charge in [-0.25, -0.2) is 9.37 Å². The summed E-state index contributed by atoms with van der Waals surface area (Å²) < 4.78 is 18.9. The number of hydrogen-bond acceptors (Lipinski definition) is 3. The van der Waals surface area contributed by atoms with E-state index < -0.39 is 0 Å². The number of aromatic amines is 1. The Labute approximate surface area is 156 Å². The van der Waals surface area contributed by atoms with Gasteiger partial charge in [0, 0.05) is 23.5 Å². The number of imidazole rings is 1. The van der Waals surface area contributed by atoms with Crippen molar-refractivity contribution in [2.75, 3.05) is 7.11 Å². The maximum absolute atomic E-state index is 13.4. The summed E-state index contributed by atoms with van der Waals surface area (Å²) in [4.78, 5) is 12.3. The second-order valence-corrected chi connectivity index (χ2v) is 6.26. The summed E-state index contributed by atoms with van der Waals surface area (Å²) >= 11 is 0. The van der Waals surface area contributed by atoms with Crippen LogP contribution in [0.4, 0.5) is 4.39 Å². The Kier molecular flexibility index (Phi) is 4.42. The number of pyridine rings is 1. The predicted octanol–water partition coefficient (Wildman–Crippen LogP) is 5.26. The van der Waals surface area contributed by atoms with Gasteiger partial charge in [0.1, 0.15) is 17.4 Å². The average molecular weight is 359 g/mol. The number of hydrogen-bond donors (Lipinski definition) is 1. The lowest BCUT2D eigenvalue weighted by Crippen LogP contribution is -1.90. The molecule has 5 heteroatoms. The van der Waals surface area contributed by atoms with Crippen LogP contribution >= 0.6 is 0 Å². The van der Waals surface area contributed by atoms with Gasteiger partial charge in [0.2, 0.25) is 0 Å². The van der Waals surface area contributed by atoms with E-state index in [-0.39, 0.29) is 5.82 Å². The monoisotopic (exact) mass is 359 g/mol. The summed E-state index contributed by atoms with van der Waals surface area (Å²) in [5.74, 6) is 1.16. The first kappa shape index (κ1) is 17.0. The largest absolute Gasteiger partial charge is 0.496 e. The first-order chi connectivity index (χ1) is 13.2. The fourth-order valence-corrected chi connectivity index (χ4v) is 3.05. The van der Waals surface area contributed by atoms with Gasteiger partial charge in [0.15, 0.2) is 0 Å². The number of methoxy groups -OCH3 is 1. The van der Waals surface area contributed by atoms with E-state index in [1.54, 1.807) is 31.6 Å². The molecule has 134 valence electrons. The summed E-state index contributed by atoms with van der Waals surface area (Å²) in [6.45, 7) is 2.02. The van der Waals surface area contributed by atoms with Gasteiger partial charge in [-0.2, -0.15) is 0 Å². The lowest BCUT2D eigenvalue weighted by atomic mass is 10.1. The van der Waals surface area contributed by atoms with Crippen molar-refractivity contribution in [3.63, 3.8) is 0 Å². The SMILES string of the molecule is COc1ccc(C)cc1-c1nc(-c2ccc(F)cc2)c(-c2ccncc2)[nH]1. The molecule has 4 rings (SSSR count). The van der Waals surface area contributed by atoms with Gasteiger partial charge < -0.3 is 9.72 Å². The first-order valence-electron chi connectivity index (χ1n) is 8.57. The fourth-order valence-electron chi connectivity index (χ4n) is 3.05. The molecule has 2 aromatic carbocycles. The second-order valence-electron chi connectivity index (χ2n) is 6.26. The van der Waals surface area contributed by atoms with Crippen LogP contribution in [0.15, 0.2) is 67.0 Å². The molecule has 0 amide bonds. The minimum absolute atomic E-state index is 0.277. The van der Waals surface area contributed by atoms with E-state index in [0.29, 0.717) is 5.82 Å². The van der Waals surface area contributed by atoms with E-state index >= 15 is 0 Å². The molecule has 0 bridgehead atoms. The highest BCUT2D eigenvalue weighted by atomic mass is 19.1. The zero-order chi connectivity index (χ0) is 18.8. The van der Waals surface area contributed by atoms with Gasteiger partial charge in [0.25, 0.3) is 0 Å². The zero-order valence-electron chi connectivity index (χ0n) is 15.0. The van der Waals surface area contributed by atoms with Crippen LogP contribution in [0, 0.1) is 12.7 Å². The van der Waals surface area contributed by atoms with Crippen LogP contribution in [0.25, 0.3) is 33.9 Å². The highest BCUT2D eigenvalue weighted by molar-refractivity contribution is 5.82. The van der Waals surface area contributed by atoms with Crippen molar-refractivity contribution in [1.82, 2.24) is 15.0 Å². The van der Waals surface area contributed by atoms with Crippen molar-refractivity contribution >= 4 is 0 Å². The molecule has 0 aliphatic rings. The molecule has 0 radical (unpaired) electrons. The highest BCUT2D eigenvalue weighted by Crippen LogP contribution is 2.36. The van der Waals surface area contributed by atoms with Crippen molar-refractivity contribution in [2.45, 2.75) is 6.92 Å². The van der Waals surface area contributed by atoms with E-state index in [9.17, 15) is 4.39 Å². The Hall–Kier alpha value is -3.47. The second kappa shape index (κ2) is 7.03. The molecule has 4 aromatic rings. The third kappa shape index (κ3) is 3.31. The third-order valence-electron chi connectivity index (χ3n) is 4.40. The Balaban J connectivity index is 1.93. The average Bonchev–Trinajstić information content (AvgIpc) is 3.14. The Morgan fingerprint density at radius 3 is 2.37 bits per heavy atom. The van der Waals surface area contributed by atoms with Crippen LogP contribution in [0.3, 0.4) is 0 Å². The molecule has 0 aliphatic heterocycles. The minimum Gasteiger partial charge on any atom is -0.496 e. The van der Waals surface area contributed by atoms with Crippen LogP contribution in [0.5, 0.6) is 5.75 Å². The maximum Gasteiger partial charge on any atom is 0.142 e. The summed E-state index contributed by atoms with van der Waals surface area (Å²) in [5, 5.41) is 0. The van der Waals surface area contributed by atoms with Crippen molar-refractivity contribution in [2.24, 2.45) is 0 Å². The smallest absolute Gasteiger partial charge is 0.142 e. The van der Waals surface area contributed by atoms with E-state index in [1.807, 2.05) is 37.3 Å². The van der Waals surface area contributed by atoms with Gasteiger partial charge in [0.05, 0.1) is 24.1 Å². The van der Waals surface area contributed by atoms with Crippen molar-refractivity contribution in [3.8, 4) is 39.7 Å². The predicted molar refractivity (Wildman–Crippen MR) is 104 cm³/mol. The molecule has 0 unspecified atom stereocenters. The van der Waals surface area contributed by atoms with Crippen molar-refractivity contribution in [1.29, 1.82) is 0 Å². The fraction of sp³-hybridized carbons (Fsp3) is 0.0909. The number of halogens is 1. The quantitative estimate of drug-likeness (QED) is 0.541. The summed E-state index contributed by atoms with van der Waals surface area (Å²) in [6.07, 6.45) is 3.47. The van der Waals surface area contributed by atoms with E-state index in [4.69, 9.17) is 9.72 Å².